The molecule has 21 heavy (non-hydrogen) atoms. The Balaban J connectivity index is 1.96. The SMILES string of the molecule is Cc1cccc(-c2noc(CNC(=O)OC(C)(C)C)n2)c1. The lowest BCUT2D eigenvalue weighted by Crippen LogP contribution is -2.32. The first-order valence-electron chi connectivity index (χ1n) is 6.70. The number of carbonyl (C=O) groups is 1. The molecule has 112 valence electrons. The lowest BCUT2D eigenvalue weighted by molar-refractivity contribution is 0.0518. The van der Waals surface area contributed by atoms with E-state index >= 15 is 0 Å². The molecule has 2 rings (SSSR count). The molecular formula is C15H19N3O3. The van der Waals surface area contributed by atoms with Crippen molar-refractivity contribution in [3.63, 3.8) is 0 Å². The summed E-state index contributed by atoms with van der Waals surface area (Å²) < 4.78 is 10.2. The smallest absolute Gasteiger partial charge is 0.408 e. The van der Waals surface area contributed by atoms with Gasteiger partial charge in [0.1, 0.15) is 12.1 Å². The van der Waals surface area contributed by atoms with Crippen LogP contribution in [0, 0.1) is 6.92 Å². The normalized spacial score (nSPS) is 11.2. The second-order valence-electron chi connectivity index (χ2n) is 5.74. The third kappa shape index (κ3) is 4.59. The molecule has 0 aliphatic rings. The molecule has 0 radical (unpaired) electrons. The number of carbonyl (C=O) groups excluding carboxylic acids is 1. The van der Waals surface area contributed by atoms with Crippen LogP contribution < -0.4 is 5.32 Å². The summed E-state index contributed by atoms with van der Waals surface area (Å²) in [5, 5.41) is 6.48. The number of nitrogens with one attached hydrogen (secondary N) is 1. The van der Waals surface area contributed by atoms with Gasteiger partial charge in [-0.1, -0.05) is 28.9 Å². The van der Waals surface area contributed by atoms with Crippen LogP contribution in [0.1, 0.15) is 32.2 Å². The quantitative estimate of drug-likeness (QED) is 0.939. The number of alkyl carbamates (subject to hydrolysis) is 1. The molecule has 1 heterocycles. The van der Waals surface area contributed by atoms with Crippen LogP contribution in [-0.4, -0.2) is 21.8 Å². The minimum Gasteiger partial charge on any atom is -0.444 e. The van der Waals surface area contributed by atoms with Crippen molar-refractivity contribution in [2.75, 3.05) is 0 Å². The molecule has 2 aromatic rings. The highest BCUT2D eigenvalue weighted by Crippen LogP contribution is 2.16. The third-order valence-corrected chi connectivity index (χ3v) is 2.53. The van der Waals surface area contributed by atoms with Crippen molar-refractivity contribution >= 4 is 6.09 Å². The van der Waals surface area contributed by atoms with E-state index in [1.54, 1.807) is 20.8 Å². The summed E-state index contributed by atoms with van der Waals surface area (Å²) >= 11 is 0. The van der Waals surface area contributed by atoms with E-state index in [1.807, 2.05) is 31.2 Å². The van der Waals surface area contributed by atoms with Crippen LogP contribution in [0.4, 0.5) is 4.79 Å². The second-order valence-corrected chi connectivity index (χ2v) is 5.74. The second kappa shape index (κ2) is 5.95. The molecule has 6 nitrogen and oxygen atoms in total. The first-order valence-corrected chi connectivity index (χ1v) is 6.70. The Bertz CT molecular complexity index is 629. The molecule has 0 bridgehead atoms. The van der Waals surface area contributed by atoms with Gasteiger partial charge in [-0.3, -0.25) is 0 Å². The van der Waals surface area contributed by atoms with Gasteiger partial charge in [-0.25, -0.2) is 4.79 Å². The molecule has 6 heteroatoms. The molecule has 0 saturated heterocycles. The summed E-state index contributed by atoms with van der Waals surface area (Å²) in [6.07, 6.45) is -0.516. The van der Waals surface area contributed by atoms with Gasteiger partial charge >= 0.3 is 6.09 Å². The van der Waals surface area contributed by atoms with Gasteiger partial charge in [0.15, 0.2) is 0 Å². The molecule has 1 amide bonds. The van der Waals surface area contributed by atoms with Crippen LogP contribution in [0.2, 0.25) is 0 Å². The molecule has 0 saturated carbocycles. The maximum absolute atomic E-state index is 11.5. The molecule has 0 aliphatic carbocycles. The van der Waals surface area contributed by atoms with E-state index in [-0.39, 0.29) is 6.54 Å². The minimum atomic E-state index is -0.536. The fourth-order valence-electron chi connectivity index (χ4n) is 1.69. The lowest BCUT2D eigenvalue weighted by Gasteiger charge is -2.19. The molecule has 1 N–H and O–H groups in total. The highest BCUT2D eigenvalue weighted by molar-refractivity contribution is 5.67. The Morgan fingerprint density at radius 2 is 2.14 bits per heavy atom. The number of ether oxygens (including phenoxy) is 1. The van der Waals surface area contributed by atoms with E-state index in [1.165, 1.54) is 0 Å². The van der Waals surface area contributed by atoms with E-state index in [0.717, 1.165) is 11.1 Å². The highest BCUT2D eigenvalue weighted by atomic mass is 16.6. The Hall–Kier alpha value is -2.37. The molecule has 0 atom stereocenters. The van der Waals surface area contributed by atoms with Crippen molar-refractivity contribution in [1.29, 1.82) is 0 Å². The number of aromatic nitrogens is 2. The highest BCUT2D eigenvalue weighted by Gasteiger charge is 2.17. The van der Waals surface area contributed by atoms with Gasteiger partial charge in [0.2, 0.25) is 11.7 Å². The number of rotatable bonds is 3. The molecule has 0 unspecified atom stereocenters. The summed E-state index contributed by atoms with van der Waals surface area (Å²) in [6.45, 7) is 7.53. The third-order valence-electron chi connectivity index (χ3n) is 2.53. The van der Waals surface area contributed by atoms with Crippen LogP contribution in [0.5, 0.6) is 0 Å². The van der Waals surface area contributed by atoms with Gasteiger partial charge in [0.05, 0.1) is 0 Å². The van der Waals surface area contributed by atoms with Crippen molar-refractivity contribution in [1.82, 2.24) is 15.5 Å². The van der Waals surface area contributed by atoms with Gasteiger partial charge in [0.25, 0.3) is 0 Å². The van der Waals surface area contributed by atoms with Crippen molar-refractivity contribution in [2.45, 2.75) is 39.8 Å². The van der Waals surface area contributed by atoms with Crippen molar-refractivity contribution < 1.29 is 14.1 Å². The van der Waals surface area contributed by atoms with Gasteiger partial charge in [-0.2, -0.15) is 4.98 Å². The molecule has 0 spiro atoms. The lowest BCUT2D eigenvalue weighted by atomic mass is 10.1. The van der Waals surface area contributed by atoms with Crippen LogP contribution >= 0.6 is 0 Å². The Morgan fingerprint density at radius 3 is 2.81 bits per heavy atom. The predicted octanol–water partition coefficient (Wildman–Crippen LogP) is 3.07. The monoisotopic (exact) mass is 289 g/mol. The largest absolute Gasteiger partial charge is 0.444 e. The van der Waals surface area contributed by atoms with Crippen LogP contribution in [-0.2, 0) is 11.3 Å². The van der Waals surface area contributed by atoms with Crippen molar-refractivity contribution in [3.05, 3.63) is 35.7 Å². The van der Waals surface area contributed by atoms with Crippen LogP contribution in [0.3, 0.4) is 0 Å². The molecular weight excluding hydrogens is 270 g/mol. The number of aryl methyl sites for hydroxylation is 1. The Morgan fingerprint density at radius 1 is 1.38 bits per heavy atom. The standard InChI is InChI=1S/C15H19N3O3/c1-10-6-5-7-11(8-10)13-17-12(21-18-13)9-16-14(19)20-15(2,3)4/h5-8H,9H2,1-4H3,(H,16,19). The van der Waals surface area contributed by atoms with E-state index in [2.05, 4.69) is 15.5 Å². The molecule has 0 fully saturated rings. The fraction of sp³-hybridized carbons (Fsp3) is 0.400. The molecule has 1 aromatic heterocycles. The number of benzene rings is 1. The zero-order valence-corrected chi connectivity index (χ0v) is 12.6. The number of hydrogen-bond donors (Lipinski definition) is 1. The zero-order chi connectivity index (χ0) is 15.5. The summed E-state index contributed by atoms with van der Waals surface area (Å²) in [5.74, 6) is 0.831. The zero-order valence-electron chi connectivity index (χ0n) is 12.6. The van der Waals surface area contributed by atoms with E-state index in [9.17, 15) is 4.79 Å². The topological polar surface area (TPSA) is 77.2 Å². The number of hydrogen-bond acceptors (Lipinski definition) is 5. The summed E-state index contributed by atoms with van der Waals surface area (Å²) in [4.78, 5) is 15.8. The first kappa shape index (κ1) is 15.0. The first-order chi connectivity index (χ1) is 9.83. The predicted molar refractivity (Wildman–Crippen MR) is 77.5 cm³/mol. The Labute approximate surface area is 123 Å². The maximum atomic E-state index is 11.5. The van der Waals surface area contributed by atoms with Gasteiger partial charge in [0, 0.05) is 5.56 Å². The van der Waals surface area contributed by atoms with Gasteiger partial charge in [-0.15, -0.1) is 0 Å². The molecule has 0 aliphatic heterocycles. The minimum absolute atomic E-state index is 0.133. The number of amides is 1. The summed E-state index contributed by atoms with van der Waals surface area (Å²) in [7, 11) is 0. The van der Waals surface area contributed by atoms with E-state index in [4.69, 9.17) is 9.26 Å². The summed E-state index contributed by atoms with van der Waals surface area (Å²) in [6, 6.07) is 7.80. The van der Waals surface area contributed by atoms with Crippen molar-refractivity contribution in [3.8, 4) is 11.4 Å². The molecule has 1 aromatic carbocycles. The van der Waals surface area contributed by atoms with E-state index < -0.39 is 11.7 Å². The Kier molecular flexibility index (Phi) is 4.26. The average molecular weight is 289 g/mol. The van der Waals surface area contributed by atoms with Crippen LogP contribution in [0.15, 0.2) is 28.8 Å². The maximum Gasteiger partial charge on any atom is 0.408 e. The van der Waals surface area contributed by atoms with Crippen LogP contribution in [0.25, 0.3) is 11.4 Å². The average Bonchev–Trinajstić information content (AvgIpc) is 2.83. The number of nitrogens with zero attached hydrogens (tertiary/aromatic N) is 2. The summed E-state index contributed by atoms with van der Waals surface area (Å²) in [5.41, 5.74) is 1.46. The van der Waals surface area contributed by atoms with Crippen molar-refractivity contribution in [2.24, 2.45) is 0 Å². The fourth-order valence-corrected chi connectivity index (χ4v) is 1.69. The van der Waals surface area contributed by atoms with E-state index in [0.29, 0.717) is 11.7 Å². The van der Waals surface area contributed by atoms with Gasteiger partial charge in [-0.05, 0) is 33.8 Å². The van der Waals surface area contributed by atoms with Gasteiger partial charge < -0.3 is 14.6 Å².